The van der Waals surface area contributed by atoms with E-state index in [-0.39, 0.29) is 13.0 Å². The normalized spacial score (nSPS) is 33.0. The van der Waals surface area contributed by atoms with Gasteiger partial charge in [-0.2, -0.15) is 0 Å². The number of alkyl halides is 2. The Morgan fingerprint density at radius 2 is 2.33 bits per heavy atom. The van der Waals surface area contributed by atoms with Crippen LogP contribution < -0.4 is 5.73 Å². The maximum Gasteiger partial charge on any atom is 0.273 e. The fourth-order valence-electron chi connectivity index (χ4n) is 0.842. The lowest BCUT2D eigenvalue weighted by atomic mass is 10.2. The average molecular weight is 137 g/mol. The fourth-order valence-corrected chi connectivity index (χ4v) is 0.842. The topological polar surface area (TPSA) is 35.2 Å². The Labute approximate surface area is 52.0 Å². The maximum atomic E-state index is 12.2. The highest BCUT2D eigenvalue weighted by atomic mass is 19.3. The van der Waals surface area contributed by atoms with Crippen LogP contribution in [-0.4, -0.2) is 25.2 Å². The monoisotopic (exact) mass is 137 g/mol. The lowest BCUT2D eigenvalue weighted by molar-refractivity contribution is -0.00972. The Bertz CT molecular complexity index is 107. The van der Waals surface area contributed by atoms with Gasteiger partial charge in [0, 0.05) is 13.0 Å². The van der Waals surface area contributed by atoms with Gasteiger partial charge in [0.25, 0.3) is 5.92 Å². The van der Waals surface area contributed by atoms with E-state index in [0.29, 0.717) is 0 Å². The summed E-state index contributed by atoms with van der Waals surface area (Å²) >= 11 is 0. The van der Waals surface area contributed by atoms with E-state index in [1.165, 1.54) is 0 Å². The van der Waals surface area contributed by atoms with Gasteiger partial charge in [-0.25, -0.2) is 8.78 Å². The van der Waals surface area contributed by atoms with E-state index >= 15 is 0 Å². The van der Waals surface area contributed by atoms with Gasteiger partial charge in [0.15, 0.2) is 0 Å². The standard InChI is InChI=1S/C5H9F2NO/c6-5(7)1-4(2-8)9-3-5/h4H,1-3,8H2/t4-/m1/s1. The lowest BCUT2D eigenvalue weighted by Gasteiger charge is -2.03. The summed E-state index contributed by atoms with van der Waals surface area (Å²) in [6.07, 6.45) is -0.649. The molecule has 1 fully saturated rings. The smallest absolute Gasteiger partial charge is 0.273 e. The first-order valence-electron chi connectivity index (χ1n) is 2.83. The molecule has 0 unspecified atom stereocenters. The molecule has 0 spiro atoms. The van der Waals surface area contributed by atoms with Crippen LogP contribution in [0.5, 0.6) is 0 Å². The molecule has 4 heteroatoms. The summed E-state index contributed by atoms with van der Waals surface area (Å²) in [6.45, 7) is -0.273. The first-order valence-corrected chi connectivity index (χ1v) is 2.83. The summed E-state index contributed by atoms with van der Waals surface area (Å²) in [7, 11) is 0. The van der Waals surface area contributed by atoms with Crippen molar-refractivity contribution >= 4 is 0 Å². The van der Waals surface area contributed by atoms with E-state index in [4.69, 9.17) is 5.73 Å². The van der Waals surface area contributed by atoms with Crippen molar-refractivity contribution in [1.82, 2.24) is 0 Å². The van der Waals surface area contributed by atoms with Crippen LogP contribution in [0.4, 0.5) is 8.78 Å². The fraction of sp³-hybridized carbons (Fsp3) is 1.00. The highest BCUT2D eigenvalue weighted by molar-refractivity contribution is 4.79. The number of rotatable bonds is 1. The second kappa shape index (κ2) is 2.19. The molecule has 0 amide bonds. The van der Waals surface area contributed by atoms with E-state index in [1.807, 2.05) is 0 Å². The predicted molar refractivity (Wildman–Crippen MR) is 28.4 cm³/mol. The van der Waals surface area contributed by atoms with E-state index < -0.39 is 18.6 Å². The van der Waals surface area contributed by atoms with Crippen LogP contribution in [0.25, 0.3) is 0 Å². The summed E-state index contributed by atoms with van der Waals surface area (Å²) in [5.74, 6) is -2.63. The van der Waals surface area contributed by atoms with Crippen LogP contribution >= 0.6 is 0 Å². The molecular formula is C5H9F2NO. The van der Waals surface area contributed by atoms with Crippen molar-refractivity contribution in [2.75, 3.05) is 13.2 Å². The third-order valence-corrected chi connectivity index (χ3v) is 1.32. The van der Waals surface area contributed by atoms with E-state index in [2.05, 4.69) is 4.74 Å². The highest BCUT2D eigenvalue weighted by Gasteiger charge is 2.39. The third kappa shape index (κ3) is 1.59. The minimum Gasteiger partial charge on any atom is -0.370 e. The molecule has 1 saturated heterocycles. The van der Waals surface area contributed by atoms with Gasteiger partial charge >= 0.3 is 0 Å². The molecule has 1 aliphatic rings. The SMILES string of the molecule is NC[C@H]1CC(F)(F)CO1. The van der Waals surface area contributed by atoms with Crippen molar-refractivity contribution in [2.24, 2.45) is 5.73 Å². The van der Waals surface area contributed by atoms with Crippen molar-refractivity contribution in [3.05, 3.63) is 0 Å². The molecule has 0 aromatic carbocycles. The molecule has 0 saturated carbocycles. The molecule has 2 nitrogen and oxygen atoms in total. The highest BCUT2D eigenvalue weighted by Crippen LogP contribution is 2.28. The molecule has 0 aliphatic carbocycles. The van der Waals surface area contributed by atoms with Crippen LogP contribution in [0.2, 0.25) is 0 Å². The van der Waals surface area contributed by atoms with Gasteiger partial charge < -0.3 is 10.5 Å². The molecule has 0 aromatic rings. The first-order chi connectivity index (χ1) is 4.14. The summed E-state index contributed by atoms with van der Waals surface area (Å²) in [5.41, 5.74) is 5.10. The van der Waals surface area contributed by atoms with Gasteiger partial charge in [0.05, 0.1) is 6.10 Å². The Kier molecular flexibility index (Phi) is 1.68. The Hall–Kier alpha value is -0.220. The van der Waals surface area contributed by atoms with Gasteiger partial charge in [-0.1, -0.05) is 0 Å². The Balaban J connectivity index is 2.38. The van der Waals surface area contributed by atoms with Gasteiger partial charge in [0.1, 0.15) is 6.61 Å². The zero-order chi connectivity index (χ0) is 6.91. The second-order valence-corrected chi connectivity index (χ2v) is 2.23. The molecule has 1 aliphatic heterocycles. The summed E-state index contributed by atoms with van der Waals surface area (Å²) in [6, 6.07) is 0. The lowest BCUT2D eigenvalue weighted by Crippen LogP contribution is -2.20. The predicted octanol–water partition coefficient (Wildman–Crippen LogP) is 0.369. The molecular weight excluding hydrogens is 128 g/mol. The van der Waals surface area contributed by atoms with Crippen molar-refractivity contribution < 1.29 is 13.5 Å². The van der Waals surface area contributed by atoms with Gasteiger partial charge in [-0.3, -0.25) is 0 Å². The van der Waals surface area contributed by atoms with Crippen LogP contribution in [-0.2, 0) is 4.74 Å². The number of nitrogens with two attached hydrogens (primary N) is 1. The maximum absolute atomic E-state index is 12.2. The number of halogens is 2. The van der Waals surface area contributed by atoms with Crippen LogP contribution in [0, 0.1) is 0 Å². The van der Waals surface area contributed by atoms with Crippen molar-refractivity contribution in [3.8, 4) is 0 Å². The zero-order valence-electron chi connectivity index (χ0n) is 4.94. The number of hydrogen-bond donors (Lipinski definition) is 1. The van der Waals surface area contributed by atoms with E-state index in [9.17, 15) is 8.78 Å². The molecule has 0 aromatic heterocycles. The van der Waals surface area contributed by atoms with Gasteiger partial charge in [0.2, 0.25) is 0 Å². The Morgan fingerprint density at radius 3 is 2.56 bits per heavy atom. The molecule has 0 radical (unpaired) electrons. The molecule has 1 rings (SSSR count). The minimum absolute atomic E-state index is 0.190. The van der Waals surface area contributed by atoms with Crippen LogP contribution in [0.15, 0.2) is 0 Å². The molecule has 1 heterocycles. The van der Waals surface area contributed by atoms with Gasteiger partial charge in [-0.15, -0.1) is 0 Å². The zero-order valence-corrected chi connectivity index (χ0v) is 4.94. The van der Waals surface area contributed by atoms with Crippen LogP contribution in [0.1, 0.15) is 6.42 Å². The summed E-state index contributed by atoms with van der Waals surface area (Å²) in [5, 5.41) is 0. The minimum atomic E-state index is -2.63. The average Bonchev–Trinajstić information content (AvgIpc) is 2.10. The van der Waals surface area contributed by atoms with Gasteiger partial charge in [-0.05, 0) is 0 Å². The Morgan fingerprint density at radius 1 is 1.67 bits per heavy atom. The summed E-state index contributed by atoms with van der Waals surface area (Å²) in [4.78, 5) is 0. The largest absolute Gasteiger partial charge is 0.370 e. The molecule has 2 N–H and O–H groups in total. The molecule has 0 bridgehead atoms. The van der Waals surface area contributed by atoms with Crippen molar-refractivity contribution in [3.63, 3.8) is 0 Å². The van der Waals surface area contributed by atoms with Crippen LogP contribution in [0.3, 0.4) is 0 Å². The summed E-state index contributed by atoms with van der Waals surface area (Å²) < 4.78 is 29.0. The molecule has 54 valence electrons. The number of ether oxygens (including phenoxy) is 1. The molecule has 1 atom stereocenters. The molecule has 9 heavy (non-hydrogen) atoms. The third-order valence-electron chi connectivity index (χ3n) is 1.32. The van der Waals surface area contributed by atoms with E-state index in [1.54, 1.807) is 0 Å². The first kappa shape index (κ1) is 6.89. The second-order valence-electron chi connectivity index (χ2n) is 2.23. The number of hydrogen-bond acceptors (Lipinski definition) is 2. The van der Waals surface area contributed by atoms with Crippen molar-refractivity contribution in [2.45, 2.75) is 18.4 Å². The quantitative estimate of drug-likeness (QED) is 0.566. The van der Waals surface area contributed by atoms with E-state index in [0.717, 1.165) is 0 Å². The van der Waals surface area contributed by atoms with Crippen molar-refractivity contribution in [1.29, 1.82) is 0 Å².